The molecule has 0 fully saturated rings. The third kappa shape index (κ3) is 5.14. The van der Waals surface area contributed by atoms with E-state index in [9.17, 15) is 9.59 Å². The lowest BCUT2D eigenvalue weighted by atomic mass is 9.98. The molecule has 0 bridgehead atoms. The van der Waals surface area contributed by atoms with Gasteiger partial charge in [-0.25, -0.2) is 4.79 Å². The van der Waals surface area contributed by atoms with Crippen LogP contribution >= 0.6 is 0 Å². The molecule has 0 aromatic carbocycles. The van der Waals surface area contributed by atoms with E-state index in [1.807, 2.05) is 13.8 Å². The highest BCUT2D eigenvalue weighted by Gasteiger charge is 2.27. The minimum absolute atomic E-state index is 0. The Morgan fingerprint density at radius 1 is 1.25 bits per heavy atom. The molecule has 1 N–H and O–H groups in total. The molecule has 16 heavy (non-hydrogen) atoms. The Kier molecular flexibility index (Phi) is 8.81. The summed E-state index contributed by atoms with van der Waals surface area (Å²) in [7, 11) is 1.33. The summed E-state index contributed by atoms with van der Waals surface area (Å²) in [6, 6.07) is -0.533. The first-order valence-corrected chi connectivity index (χ1v) is 5.32. The van der Waals surface area contributed by atoms with E-state index < -0.39 is 6.04 Å². The van der Waals surface area contributed by atoms with Crippen LogP contribution in [0.1, 0.15) is 41.5 Å². The summed E-state index contributed by atoms with van der Waals surface area (Å²) in [5, 5.41) is 2.70. The lowest BCUT2D eigenvalue weighted by Crippen LogP contribution is -2.47. The molecule has 0 spiro atoms. The summed E-state index contributed by atoms with van der Waals surface area (Å²) in [4.78, 5) is 22.9. The van der Waals surface area contributed by atoms with Crippen LogP contribution in [0.25, 0.3) is 0 Å². The molecule has 0 aliphatic rings. The van der Waals surface area contributed by atoms with Gasteiger partial charge in [0.15, 0.2) is 0 Å². The van der Waals surface area contributed by atoms with Gasteiger partial charge < -0.3 is 10.1 Å². The molecule has 2 atom stereocenters. The van der Waals surface area contributed by atoms with Crippen LogP contribution in [0.5, 0.6) is 0 Å². The molecule has 0 saturated carbocycles. The molecule has 0 aliphatic heterocycles. The number of hydrogen-bond donors (Lipinski definition) is 1. The standard InChI is InChI=1S/C11H21NO3.CH4/c1-6-8(4)9(11(14)15-5)12-10(13)7(2)3;/h7-9H,6H2,1-5H3,(H,12,13);1H4/t8-,9-;/m0./s1. The average molecular weight is 231 g/mol. The molecule has 1 amide bonds. The maximum absolute atomic E-state index is 11.5. The van der Waals surface area contributed by atoms with Crippen molar-refractivity contribution in [2.24, 2.45) is 11.8 Å². The number of carbonyl (C=O) groups is 2. The first-order valence-electron chi connectivity index (χ1n) is 5.32. The van der Waals surface area contributed by atoms with Gasteiger partial charge in [0.1, 0.15) is 6.04 Å². The minimum Gasteiger partial charge on any atom is -0.467 e. The van der Waals surface area contributed by atoms with E-state index >= 15 is 0 Å². The van der Waals surface area contributed by atoms with Crippen molar-refractivity contribution in [2.75, 3.05) is 7.11 Å². The Bertz CT molecular complexity index is 226. The van der Waals surface area contributed by atoms with Crippen molar-refractivity contribution in [3.8, 4) is 0 Å². The van der Waals surface area contributed by atoms with Gasteiger partial charge in [-0.15, -0.1) is 0 Å². The van der Waals surface area contributed by atoms with Crippen LogP contribution in [0.4, 0.5) is 0 Å². The number of amides is 1. The van der Waals surface area contributed by atoms with Gasteiger partial charge in [-0.3, -0.25) is 4.79 Å². The minimum atomic E-state index is -0.533. The second-order valence-corrected chi connectivity index (χ2v) is 4.05. The molecule has 96 valence electrons. The molecule has 0 heterocycles. The van der Waals surface area contributed by atoms with Gasteiger partial charge in [0.05, 0.1) is 7.11 Å². The molecular formula is C12H25NO3. The van der Waals surface area contributed by atoms with Gasteiger partial charge in [0.2, 0.25) is 5.91 Å². The summed E-state index contributed by atoms with van der Waals surface area (Å²) in [6.07, 6.45) is 0.818. The van der Waals surface area contributed by atoms with E-state index in [4.69, 9.17) is 0 Å². The van der Waals surface area contributed by atoms with E-state index in [1.54, 1.807) is 13.8 Å². The zero-order chi connectivity index (χ0) is 12.0. The largest absolute Gasteiger partial charge is 0.467 e. The zero-order valence-corrected chi connectivity index (χ0v) is 10.2. The highest BCUT2D eigenvalue weighted by molar-refractivity contribution is 5.85. The van der Waals surface area contributed by atoms with E-state index in [2.05, 4.69) is 10.1 Å². The van der Waals surface area contributed by atoms with Gasteiger partial charge in [0.25, 0.3) is 0 Å². The van der Waals surface area contributed by atoms with Crippen molar-refractivity contribution in [1.82, 2.24) is 5.32 Å². The van der Waals surface area contributed by atoms with Gasteiger partial charge in [-0.2, -0.15) is 0 Å². The Labute approximate surface area is 98.7 Å². The molecule has 0 aliphatic carbocycles. The first kappa shape index (κ1) is 17.3. The number of rotatable bonds is 5. The van der Waals surface area contributed by atoms with Gasteiger partial charge >= 0.3 is 5.97 Å². The zero-order valence-electron chi connectivity index (χ0n) is 10.2. The van der Waals surface area contributed by atoms with Crippen LogP contribution in [0.3, 0.4) is 0 Å². The molecule has 4 heteroatoms. The smallest absolute Gasteiger partial charge is 0.328 e. The normalized spacial score (nSPS) is 13.6. The third-order valence-electron chi connectivity index (χ3n) is 2.49. The number of hydrogen-bond acceptors (Lipinski definition) is 3. The fraction of sp³-hybridized carbons (Fsp3) is 0.833. The Hall–Kier alpha value is -1.06. The number of methoxy groups -OCH3 is 1. The maximum atomic E-state index is 11.5. The van der Waals surface area contributed by atoms with Crippen LogP contribution in [0.15, 0.2) is 0 Å². The van der Waals surface area contributed by atoms with Gasteiger partial charge in [0, 0.05) is 5.92 Å². The maximum Gasteiger partial charge on any atom is 0.328 e. The molecule has 0 unspecified atom stereocenters. The highest BCUT2D eigenvalue weighted by atomic mass is 16.5. The fourth-order valence-electron chi connectivity index (χ4n) is 1.12. The van der Waals surface area contributed by atoms with E-state index in [-0.39, 0.29) is 31.1 Å². The SMILES string of the molecule is C.CC[C@H](C)[C@H](NC(=O)C(C)C)C(=O)OC. The number of ether oxygens (including phenoxy) is 1. The van der Waals surface area contributed by atoms with Crippen LogP contribution in [0, 0.1) is 11.8 Å². The van der Waals surface area contributed by atoms with Gasteiger partial charge in [-0.05, 0) is 5.92 Å². The topological polar surface area (TPSA) is 55.4 Å². The van der Waals surface area contributed by atoms with Crippen LogP contribution in [-0.4, -0.2) is 25.0 Å². The molecular weight excluding hydrogens is 206 g/mol. The van der Waals surface area contributed by atoms with Crippen LogP contribution in [0.2, 0.25) is 0 Å². The molecule has 0 saturated heterocycles. The van der Waals surface area contributed by atoms with Crippen molar-refractivity contribution in [3.63, 3.8) is 0 Å². The quantitative estimate of drug-likeness (QED) is 0.736. The van der Waals surface area contributed by atoms with Crippen molar-refractivity contribution in [2.45, 2.75) is 47.6 Å². The predicted octanol–water partition coefficient (Wildman–Crippen LogP) is 1.98. The highest BCUT2D eigenvalue weighted by Crippen LogP contribution is 2.10. The summed E-state index contributed by atoms with van der Waals surface area (Å²) >= 11 is 0. The molecule has 4 nitrogen and oxygen atoms in total. The Balaban J connectivity index is 0. The number of carbonyl (C=O) groups excluding carboxylic acids is 2. The second-order valence-electron chi connectivity index (χ2n) is 4.05. The van der Waals surface area contributed by atoms with Crippen LogP contribution in [-0.2, 0) is 14.3 Å². The van der Waals surface area contributed by atoms with E-state index in [1.165, 1.54) is 7.11 Å². The Morgan fingerprint density at radius 3 is 2.06 bits per heavy atom. The van der Waals surface area contributed by atoms with Crippen molar-refractivity contribution >= 4 is 11.9 Å². The third-order valence-corrected chi connectivity index (χ3v) is 2.49. The average Bonchev–Trinajstić information content (AvgIpc) is 2.23. The van der Waals surface area contributed by atoms with Crippen molar-refractivity contribution < 1.29 is 14.3 Å². The molecule has 0 rings (SSSR count). The summed E-state index contributed by atoms with van der Waals surface area (Å²) < 4.78 is 4.66. The number of nitrogens with one attached hydrogen (secondary N) is 1. The van der Waals surface area contributed by atoms with Gasteiger partial charge in [-0.1, -0.05) is 41.5 Å². The molecule has 0 aromatic heterocycles. The van der Waals surface area contributed by atoms with E-state index in [0.29, 0.717) is 0 Å². The van der Waals surface area contributed by atoms with Crippen molar-refractivity contribution in [3.05, 3.63) is 0 Å². The lowest BCUT2D eigenvalue weighted by molar-refractivity contribution is -0.147. The first-order chi connectivity index (χ1) is 6.93. The van der Waals surface area contributed by atoms with Crippen molar-refractivity contribution in [1.29, 1.82) is 0 Å². The van der Waals surface area contributed by atoms with E-state index in [0.717, 1.165) is 6.42 Å². The predicted molar refractivity (Wildman–Crippen MR) is 65.0 cm³/mol. The number of esters is 1. The fourth-order valence-corrected chi connectivity index (χ4v) is 1.12. The summed E-state index contributed by atoms with van der Waals surface area (Å²) in [5.41, 5.74) is 0. The molecule has 0 aromatic rings. The Morgan fingerprint density at radius 2 is 1.75 bits per heavy atom. The van der Waals surface area contributed by atoms with Crippen LogP contribution < -0.4 is 5.32 Å². The second kappa shape index (κ2) is 8.13. The summed E-state index contributed by atoms with van der Waals surface area (Å²) in [6.45, 7) is 7.48. The lowest BCUT2D eigenvalue weighted by Gasteiger charge is -2.22. The molecule has 0 radical (unpaired) electrons. The monoisotopic (exact) mass is 231 g/mol. The summed E-state index contributed by atoms with van der Waals surface area (Å²) in [5.74, 6) is -0.537.